The summed E-state index contributed by atoms with van der Waals surface area (Å²) in [7, 11) is 2.18. The molecule has 0 saturated heterocycles. The molecule has 0 spiro atoms. The number of hydrogen-bond acceptors (Lipinski definition) is 2. The highest BCUT2D eigenvalue weighted by atomic mass is 16.5. The normalized spacial score (nSPS) is 19.0. The van der Waals surface area contributed by atoms with Crippen LogP contribution >= 0.6 is 0 Å². The molecular weight excluding hydrogens is 257 g/mol. The van der Waals surface area contributed by atoms with Crippen LogP contribution in [-0.2, 0) is 6.54 Å². The first-order valence-corrected chi connectivity index (χ1v) is 7.45. The molecule has 1 atom stereocenters. The van der Waals surface area contributed by atoms with Gasteiger partial charge in [0.25, 0.3) is 0 Å². The minimum absolute atomic E-state index is 0.130. The van der Waals surface area contributed by atoms with Crippen molar-refractivity contribution in [1.29, 1.82) is 0 Å². The van der Waals surface area contributed by atoms with Crippen LogP contribution in [-0.4, -0.2) is 31.9 Å². The molecule has 3 rings (SSSR count). The molecule has 0 N–H and O–H groups in total. The molecule has 1 unspecified atom stereocenters. The first-order chi connectivity index (χ1) is 10.3. The average molecular weight is 277 g/mol. The average Bonchev–Trinajstić information content (AvgIpc) is 2.48. The summed E-state index contributed by atoms with van der Waals surface area (Å²) in [5.41, 5.74) is 2.73. The SMILES string of the molecule is BC1=CC(Oc2ccccc2)CN(Cc2ccccc2)C1. The van der Waals surface area contributed by atoms with Crippen molar-refractivity contribution < 1.29 is 4.74 Å². The lowest BCUT2D eigenvalue weighted by atomic mass is 9.90. The van der Waals surface area contributed by atoms with Crippen LogP contribution in [0.25, 0.3) is 0 Å². The summed E-state index contributed by atoms with van der Waals surface area (Å²) in [5, 5.41) is 0. The fourth-order valence-electron chi connectivity index (χ4n) is 2.80. The van der Waals surface area contributed by atoms with Gasteiger partial charge >= 0.3 is 0 Å². The fraction of sp³-hybridized carbons (Fsp3) is 0.222. The smallest absolute Gasteiger partial charge is 0.135 e. The molecular formula is C18H20BNO. The van der Waals surface area contributed by atoms with Gasteiger partial charge in [-0.15, -0.1) is 0 Å². The van der Waals surface area contributed by atoms with Crippen molar-refractivity contribution >= 4 is 7.85 Å². The Morgan fingerprint density at radius 3 is 2.38 bits per heavy atom. The maximum Gasteiger partial charge on any atom is 0.135 e. The van der Waals surface area contributed by atoms with Crippen LogP contribution in [0.2, 0.25) is 0 Å². The maximum atomic E-state index is 6.08. The van der Waals surface area contributed by atoms with E-state index in [-0.39, 0.29) is 6.10 Å². The first-order valence-electron chi connectivity index (χ1n) is 7.45. The summed E-state index contributed by atoms with van der Waals surface area (Å²) in [5.74, 6) is 0.938. The molecule has 106 valence electrons. The second-order valence-electron chi connectivity index (χ2n) is 5.64. The summed E-state index contributed by atoms with van der Waals surface area (Å²) in [6.45, 7) is 2.92. The standard InChI is InChI=1S/C18H20BNO/c19-16-11-18(21-17-9-5-2-6-10-17)14-20(13-16)12-15-7-3-1-4-8-15/h1-11,18H,12-14,19H2. The van der Waals surface area contributed by atoms with E-state index >= 15 is 0 Å². The van der Waals surface area contributed by atoms with Crippen molar-refractivity contribution in [2.45, 2.75) is 12.6 Å². The van der Waals surface area contributed by atoms with Gasteiger partial charge in [0.05, 0.1) is 0 Å². The van der Waals surface area contributed by atoms with Gasteiger partial charge in [0, 0.05) is 19.6 Å². The van der Waals surface area contributed by atoms with E-state index < -0.39 is 0 Å². The van der Waals surface area contributed by atoms with E-state index in [1.54, 1.807) is 0 Å². The van der Waals surface area contributed by atoms with E-state index in [0.29, 0.717) is 0 Å². The Morgan fingerprint density at radius 2 is 1.67 bits per heavy atom. The van der Waals surface area contributed by atoms with Crippen LogP contribution in [0.15, 0.2) is 72.2 Å². The highest BCUT2D eigenvalue weighted by Crippen LogP contribution is 2.17. The highest BCUT2D eigenvalue weighted by Gasteiger charge is 2.19. The number of hydrogen-bond donors (Lipinski definition) is 0. The maximum absolute atomic E-state index is 6.08. The summed E-state index contributed by atoms with van der Waals surface area (Å²) in [4.78, 5) is 2.44. The van der Waals surface area contributed by atoms with Crippen LogP contribution < -0.4 is 4.74 Å². The van der Waals surface area contributed by atoms with Crippen LogP contribution in [0.1, 0.15) is 5.56 Å². The number of para-hydroxylation sites is 1. The van der Waals surface area contributed by atoms with Gasteiger partial charge in [-0.1, -0.05) is 60.1 Å². The molecule has 0 aromatic heterocycles. The minimum atomic E-state index is 0.130. The quantitative estimate of drug-likeness (QED) is 0.796. The topological polar surface area (TPSA) is 12.5 Å². The summed E-state index contributed by atoms with van der Waals surface area (Å²) < 4.78 is 6.08. The van der Waals surface area contributed by atoms with E-state index in [2.05, 4.69) is 49.2 Å². The Balaban J connectivity index is 1.65. The van der Waals surface area contributed by atoms with Gasteiger partial charge < -0.3 is 4.74 Å². The van der Waals surface area contributed by atoms with Crippen LogP contribution in [0, 0.1) is 0 Å². The molecule has 2 nitrogen and oxygen atoms in total. The Kier molecular flexibility index (Phi) is 4.41. The van der Waals surface area contributed by atoms with Crippen molar-refractivity contribution in [3.63, 3.8) is 0 Å². The zero-order valence-corrected chi connectivity index (χ0v) is 12.4. The van der Waals surface area contributed by atoms with Crippen LogP contribution in [0.4, 0.5) is 0 Å². The van der Waals surface area contributed by atoms with E-state index in [4.69, 9.17) is 4.74 Å². The van der Waals surface area contributed by atoms with Crippen molar-refractivity contribution in [3.05, 3.63) is 77.8 Å². The van der Waals surface area contributed by atoms with Crippen LogP contribution in [0.3, 0.4) is 0 Å². The molecule has 0 aliphatic carbocycles. The van der Waals surface area contributed by atoms with Gasteiger partial charge in [-0.05, 0) is 17.7 Å². The highest BCUT2D eigenvalue weighted by molar-refractivity contribution is 6.22. The van der Waals surface area contributed by atoms with Gasteiger partial charge in [-0.3, -0.25) is 4.90 Å². The largest absolute Gasteiger partial charge is 0.485 e. The molecule has 0 amide bonds. The third-order valence-electron chi connectivity index (χ3n) is 3.66. The van der Waals surface area contributed by atoms with Gasteiger partial charge in [-0.2, -0.15) is 0 Å². The number of rotatable bonds is 4. The third-order valence-corrected chi connectivity index (χ3v) is 3.66. The number of nitrogens with zero attached hydrogens (tertiary/aromatic N) is 1. The molecule has 0 bridgehead atoms. The first kappa shape index (κ1) is 14.0. The molecule has 2 aromatic rings. The molecule has 0 saturated carbocycles. The second-order valence-corrected chi connectivity index (χ2v) is 5.64. The van der Waals surface area contributed by atoms with Crippen molar-refractivity contribution in [2.75, 3.05) is 13.1 Å². The van der Waals surface area contributed by atoms with E-state index in [1.807, 2.05) is 30.3 Å². The monoisotopic (exact) mass is 277 g/mol. The molecule has 2 aromatic carbocycles. The minimum Gasteiger partial charge on any atom is -0.485 e. The predicted molar refractivity (Wildman–Crippen MR) is 89.2 cm³/mol. The fourth-order valence-corrected chi connectivity index (χ4v) is 2.80. The number of ether oxygens (including phenoxy) is 1. The van der Waals surface area contributed by atoms with Gasteiger partial charge in [0.15, 0.2) is 0 Å². The molecule has 3 heteroatoms. The van der Waals surface area contributed by atoms with Crippen LogP contribution in [0.5, 0.6) is 5.75 Å². The second kappa shape index (κ2) is 6.64. The summed E-state index contributed by atoms with van der Waals surface area (Å²) >= 11 is 0. The Morgan fingerprint density at radius 1 is 1.00 bits per heavy atom. The Hall–Kier alpha value is -2.00. The lowest BCUT2D eigenvalue weighted by Gasteiger charge is -2.31. The summed E-state index contributed by atoms with van der Waals surface area (Å²) in [6, 6.07) is 20.7. The van der Waals surface area contributed by atoms with E-state index in [9.17, 15) is 0 Å². The van der Waals surface area contributed by atoms with E-state index in [1.165, 1.54) is 11.0 Å². The predicted octanol–water partition coefficient (Wildman–Crippen LogP) is 2.47. The van der Waals surface area contributed by atoms with Gasteiger partial charge in [0.2, 0.25) is 0 Å². The molecule has 0 radical (unpaired) electrons. The molecule has 1 heterocycles. The zero-order chi connectivity index (χ0) is 14.5. The van der Waals surface area contributed by atoms with Crippen molar-refractivity contribution in [3.8, 4) is 5.75 Å². The molecule has 21 heavy (non-hydrogen) atoms. The Bertz CT molecular complexity index is 597. The zero-order valence-electron chi connectivity index (χ0n) is 12.4. The lowest BCUT2D eigenvalue weighted by Crippen LogP contribution is -2.39. The molecule has 0 fully saturated rings. The lowest BCUT2D eigenvalue weighted by molar-refractivity contribution is 0.156. The third kappa shape index (κ3) is 3.99. The molecule has 1 aliphatic heterocycles. The van der Waals surface area contributed by atoms with Crippen molar-refractivity contribution in [2.24, 2.45) is 0 Å². The summed E-state index contributed by atoms with van der Waals surface area (Å²) in [6.07, 6.45) is 2.37. The Labute approximate surface area is 127 Å². The molecule has 1 aliphatic rings. The van der Waals surface area contributed by atoms with E-state index in [0.717, 1.165) is 25.4 Å². The van der Waals surface area contributed by atoms with Gasteiger partial charge in [0.1, 0.15) is 19.7 Å². The van der Waals surface area contributed by atoms with Gasteiger partial charge in [-0.25, -0.2) is 0 Å². The van der Waals surface area contributed by atoms with Crippen molar-refractivity contribution in [1.82, 2.24) is 4.90 Å². The number of benzene rings is 2.